The Hall–Kier alpha value is -4.14. The number of hydrogen-bond acceptors (Lipinski definition) is 6. The Labute approximate surface area is 203 Å². The molecule has 2 aromatic carbocycles. The predicted octanol–water partition coefficient (Wildman–Crippen LogP) is 3.31. The minimum atomic E-state index is -0.479. The summed E-state index contributed by atoms with van der Waals surface area (Å²) in [6, 6.07) is 18.0. The van der Waals surface area contributed by atoms with Gasteiger partial charge in [0.25, 0.3) is 5.91 Å². The molecule has 0 spiro atoms. The molecule has 2 heterocycles. The van der Waals surface area contributed by atoms with Crippen molar-refractivity contribution in [2.45, 2.75) is 19.8 Å². The van der Waals surface area contributed by atoms with Gasteiger partial charge < -0.3 is 19.7 Å². The summed E-state index contributed by atoms with van der Waals surface area (Å²) in [6.45, 7) is 3.03. The van der Waals surface area contributed by atoms with Gasteiger partial charge in [-0.05, 0) is 56.2 Å². The van der Waals surface area contributed by atoms with E-state index in [0.717, 1.165) is 0 Å². The first kappa shape index (κ1) is 24.0. The summed E-state index contributed by atoms with van der Waals surface area (Å²) >= 11 is 0. The number of ether oxygens (including phenoxy) is 2. The molecule has 1 aromatic heterocycles. The first-order valence-electron chi connectivity index (χ1n) is 11.6. The summed E-state index contributed by atoms with van der Waals surface area (Å²) in [5.74, 6) is -0.168. The van der Waals surface area contributed by atoms with Gasteiger partial charge in [-0.25, -0.2) is 9.48 Å². The van der Waals surface area contributed by atoms with Crippen molar-refractivity contribution in [1.82, 2.24) is 14.7 Å². The van der Waals surface area contributed by atoms with E-state index in [9.17, 15) is 14.4 Å². The topological polar surface area (TPSA) is 103 Å². The normalized spacial score (nSPS) is 13.8. The van der Waals surface area contributed by atoms with Crippen molar-refractivity contribution in [2.75, 3.05) is 31.6 Å². The molecule has 3 aromatic rings. The van der Waals surface area contributed by atoms with Crippen LogP contribution in [0, 0.1) is 5.92 Å². The fourth-order valence-corrected chi connectivity index (χ4v) is 3.90. The van der Waals surface area contributed by atoms with Crippen LogP contribution in [0.4, 0.5) is 5.69 Å². The molecule has 1 fully saturated rings. The van der Waals surface area contributed by atoms with E-state index in [-0.39, 0.29) is 36.6 Å². The highest BCUT2D eigenvalue weighted by Gasteiger charge is 2.27. The Kier molecular flexibility index (Phi) is 7.77. The minimum Gasteiger partial charge on any atom is -0.484 e. The van der Waals surface area contributed by atoms with E-state index in [4.69, 9.17) is 9.47 Å². The summed E-state index contributed by atoms with van der Waals surface area (Å²) in [5, 5.41) is 7.21. The largest absolute Gasteiger partial charge is 0.484 e. The summed E-state index contributed by atoms with van der Waals surface area (Å²) < 4.78 is 12.1. The molecule has 1 aliphatic rings. The maximum atomic E-state index is 12.8. The fraction of sp³-hybridized carbons (Fsp3) is 0.308. The second-order valence-corrected chi connectivity index (χ2v) is 8.16. The van der Waals surface area contributed by atoms with Gasteiger partial charge in [-0.15, -0.1) is 0 Å². The van der Waals surface area contributed by atoms with Gasteiger partial charge >= 0.3 is 5.97 Å². The lowest BCUT2D eigenvalue weighted by Gasteiger charge is -2.31. The standard InChI is InChI=1S/C26H28N4O5/c1-2-34-26(33)23-13-16-30(28-23)21-8-6-7-20(17-21)27-25(32)19-11-14-29(15-12-19)24(31)18-35-22-9-4-3-5-10-22/h3-10,13,16-17,19H,2,11-12,14-15,18H2,1H3,(H,27,32). The number of rotatable bonds is 8. The molecule has 1 N–H and O–H groups in total. The number of likely N-dealkylation sites (tertiary alicyclic amines) is 1. The zero-order valence-corrected chi connectivity index (χ0v) is 19.6. The molecule has 9 nitrogen and oxygen atoms in total. The molecule has 4 rings (SSSR count). The summed E-state index contributed by atoms with van der Waals surface area (Å²) in [5.41, 5.74) is 1.56. The van der Waals surface area contributed by atoms with Crippen molar-refractivity contribution < 1.29 is 23.9 Å². The number of benzene rings is 2. The lowest BCUT2D eigenvalue weighted by atomic mass is 9.95. The fourth-order valence-electron chi connectivity index (χ4n) is 3.90. The number of para-hydroxylation sites is 1. The Bertz CT molecular complexity index is 1170. The van der Waals surface area contributed by atoms with Crippen LogP contribution in [0.2, 0.25) is 0 Å². The van der Waals surface area contributed by atoms with Gasteiger partial charge in [0.15, 0.2) is 12.3 Å². The van der Waals surface area contributed by atoms with E-state index in [1.165, 1.54) is 0 Å². The third-order valence-corrected chi connectivity index (χ3v) is 5.78. The van der Waals surface area contributed by atoms with Gasteiger partial charge in [-0.2, -0.15) is 5.10 Å². The minimum absolute atomic E-state index is 0.0149. The third kappa shape index (κ3) is 6.26. The van der Waals surface area contributed by atoms with E-state index < -0.39 is 5.97 Å². The quantitative estimate of drug-likeness (QED) is 0.501. The SMILES string of the molecule is CCOC(=O)c1ccn(-c2cccc(NC(=O)C3CCN(C(=O)COc4ccccc4)CC3)c2)n1. The molecule has 0 bridgehead atoms. The van der Waals surface area contributed by atoms with Crippen LogP contribution in [-0.4, -0.2) is 58.8 Å². The highest BCUT2D eigenvalue weighted by molar-refractivity contribution is 5.93. The number of carbonyl (C=O) groups excluding carboxylic acids is 3. The molecular weight excluding hydrogens is 448 g/mol. The number of aromatic nitrogens is 2. The highest BCUT2D eigenvalue weighted by Crippen LogP contribution is 2.21. The van der Waals surface area contributed by atoms with Crippen LogP contribution < -0.4 is 10.1 Å². The van der Waals surface area contributed by atoms with Crippen molar-refractivity contribution in [1.29, 1.82) is 0 Å². The lowest BCUT2D eigenvalue weighted by Crippen LogP contribution is -2.43. The maximum Gasteiger partial charge on any atom is 0.358 e. The van der Waals surface area contributed by atoms with Gasteiger partial charge in [0.05, 0.1) is 12.3 Å². The summed E-state index contributed by atoms with van der Waals surface area (Å²) in [7, 11) is 0. The van der Waals surface area contributed by atoms with Crippen LogP contribution in [0.3, 0.4) is 0 Å². The number of anilines is 1. The zero-order valence-electron chi connectivity index (χ0n) is 19.6. The number of nitrogens with one attached hydrogen (secondary N) is 1. The molecule has 9 heteroatoms. The molecule has 35 heavy (non-hydrogen) atoms. The molecule has 0 atom stereocenters. The van der Waals surface area contributed by atoms with Crippen LogP contribution in [0.1, 0.15) is 30.3 Å². The lowest BCUT2D eigenvalue weighted by molar-refractivity contribution is -0.136. The second kappa shape index (κ2) is 11.3. The zero-order chi connectivity index (χ0) is 24.6. The molecule has 1 aliphatic heterocycles. The smallest absolute Gasteiger partial charge is 0.358 e. The van der Waals surface area contributed by atoms with Crippen molar-refractivity contribution >= 4 is 23.5 Å². The molecule has 1 saturated heterocycles. The Morgan fingerprint density at radius 1 is 1.03 bits per heavy atom. The highest BCUT2D eigenvalue weighted by atomic mass is 16.5. The van der Waals surface area contributed by atoms with Crippen LogP contribution in [-0.2, 0) is 14.3 Å². The van der Waals surface area contributed by atoms with Crippen LogP contribution in [0.25, 0.3) is 5.69 Å². The van der Waals surface area contributed by atoms with E-state index >= 15 is 0 Å². The molecule has 2 amide bonds. The molecular formula is C26H28N4O5. The van der Waals surface area contributed by atoms with E-state index in [1.807, 2.05) is 42.5 Å². The number of hydrogen-bond donors (Lipinski definition) is 1. The Morgan fingerprint density at radius 3 is 2.54 bits per heavy atom. The van der Waals surface area contributed by atoms with E-state index in [0.29, 0.717) is 43.1 Å². The maximum absolute atomic E-state index is 12.8. The predicted molar refractivity (Wildman–Crippen MR) is 129 cm³/mol. The van der Waals surface area contributed by atoms with E-state index in [2.05, 4.69) is 10.4 Å². The van der Waals surface area contributed by atoms with Crippen LogP contribution >= 0.6 is 0 Å². The van der Waals surface area contributed by atoms with Gasteiger partial charge in [-0.1, -0.05) is 24.3 Å². The number of amides is 2. The first-order valence-corrected chi connectivity index (χ1v) is 11.6. The van der Waals surface area contributed by atoms with Crippen molar-refractivity contribution in [2.24, 2.45) is 5.92 Å². The number of nitrogens with zero attached hydrogens (tertiary/aromatic N) is 3. The van der Waals surface area contributed by atoms with Crippen molar-refractivity contribution in [3.8, 4) is 11.4 Å². The van der Waals surface area contributed by atoms with E-state index in [1.54, 1.807) is 40.9 Å². The van der Waals surface area contributed by atoms with Crippen molar-refractivity contribution in [3.05, 3.63) is 72.6 Å². The third-order valence-electron chi connectivity index (χ3n) is 5.78. The first-order chi connectivity index (χ1) is 17.0. The summed E-state index contributed by atoms with van der Waals surface area (Å²) in [6.07, 6.45) is 2.84. The summed E-state index contributed by atoms with van der Waals surface area (Å²) in [4.78, 5) is 38.9. The number of esters is 1. The number of carbonyl (C=O) groups is 3. The van der Waals surface area contributed by atoms with Crippen LogP contribution in [0.5, 0.6) is 5.75 Å². The molecule has 0 aliphatic carbocycles. The van der Waals surface area contributed by atoms with Gasteiger partial charge in [-0.3, -0.25) is 9.59 Å². The number of piperidine rings is 1. The van der Waals surface area contributed by atoms with Gasteiger partial charge in [0.1, 0.15) is 5.75 Å². The van der Waals surface area contributed by atoms with Gasteiger partial charge in [0, 0.05) is 30.9 Å². The monoisotopic (exact) mass is 476 g/mol. The molecule has 0 unspecified atom stereocenters. The average molecular weight is 477 g/mol. The van der Waals surface area contributed by atoms with Crippen LogP contribution in [0.15, 0.2) is 66.9 Å². The van der Waals surface area contributed by atoms with Gasteiger partial charge in [0.2, 0.25) is 5.91 Å². The molecule has 182 valence electrons. The average Bonchev–Trinajstić information content (AvgIpc) is 3.39. The second-order valence-electron chi connectivity index (χ2n) is 8.16. The van der Waals surface area contributed by atoms with Crippen molar-refractivity contribution in [3.63, 3.8) is 0 Å². The Balaban J connectivity index is 1.28. The molecule has 0 radical (unpaired) electrons. The Morgan fingerprint density at radius 2 is 1.80 bits per heavy atom. The molecule has 0 saturated carbocycles.